The number of hydrogen-bond acceptors (Lipinski definition) is 3. The molecular weight excluding hydrogens is 322 g/mol. The van der Waals surface area contributed by atoms with Crippen LogP contribution in [0.25, 0.3) is 0 Å². The lowest BCUT2D eigenvalue weighted by atomic mass is 9.88. The van der Waals surface area contributed by atoms with Crippen molar-refractivity contribution >= 4 is 5.97 Å². The first-order valence-corrected chi connectivity index (χ1v) is 8.51. The average molecular weight is 341 g/mol. The van der Waals surface area contributed by atoms with E-state index in [1.807, 2.05) is 66.7 Å². The molecule has 0 radical (unpaired) electrons. The van der Waals surface area contributed by atoms with Crippen molar-refractivity contribution in [3.8, 4) is 6.07 Å². The fourth-order valence-electron chi connectivity index (χ4n) is 2.94. The van der Waals surface area contributed by atoms with E-state index in [1.165, 1.54) is 0 Å². The van der Waals surface area contributed by atoms with Crippen LogP contribution in [0.5, 0.6) is 0 Å². The lowest BCUT2D eigenvalue weighted by Gasteiger charge is -2.17. The molecule has 0 aliphatic carbocycles. The summed E-state index contributed by atoms with van der Waals surface area (Å²) in [4.78, 5) is 12.5. The number of carbonyl (C=O) groups excluding carboxylic acids is 1. The van der Waals surface area contributed by atoms with Gasteiger partial charge in [-0.25, -0.2) is 0 Å². The van der Waals surface area contributed by atoms with Gasteiger partial charge in [0.1, 0.15) is 6.61 Å². The quantitative estimate of drug-likeness (QED) is 0.604. The number of hydrogen-bond donors (Lipinski definition) is 0. The monoisotopic (exact) mass is 341 g/mol. The van der Waals surface area contributed by atoms with Crippen molar-refractivity contribution in [2.75, 3.05) is 0 Å². The van der Waals surface area contributed by atoms with E-state index in [0.29, 0.717) is 5.56 Å². The minimum atomic E-state index is -0.282. The summed E-state index contributed by atoms with van der Waals surface area (Å²) in [6.07, 6.45) is 0.253. The van der Waals surface area contributed by atoms with Gasteiger partial charge in [-0.1, -0.05) is 78.9 Å². The van der Waals surface area contributed by atoms with Crippen molar-refractivity contribution in [1.29, 1.82) is 5.26 Å². The molecule has 0 amide bonds. The summed E-state index contributed by atoms with van der Waals surface area (Å²) in [7, 11) is 0. The number of benzene rings is 3. The third-order valence-electron chi connectivity index (χ3n) is 4.30. The molecule has 26 heavy (non-hydrogen) atoms. The summed E-state index contributed by atoms with van der Waals surface area (Å²) < 4.78 is 5.45. The number of esters is 1. The van der Waals surface area contributed by atoms with Crippen molar-refractivity contribution < 1.29 is 9.53 Å². The Labute approximate surface area is 153 Å². The van der Waals surface area contributed by atoms with Gasteiger partial charge in [-0.3, -0.25) is 4.79 Å². The van der Waals surface area contributed by atoms with Crippen LogP contribution in [0.15, 0.2) is 84.9 Å². The first-order valence-electron chi connectivity index (χ1n) is 8.51. The maximum Gasteiger partial charge on any atom is 0.307 e. The van der Waals surface area contributed by atoms with Crippen LogP contribution in [0.4, 0.5) is 0 Å². The zero-order valence-corrected chi connectivity index (χ0v) is 14.3. The molecule has 0 aromatic heterocycles. The summed E-state index contributed by atoms with van der Waals surface area (Å²) in [6, 6.07) is 29.2. The summed E-state index contributed by atoms with van der Waals surface area (Å²) in [5, 5.41) is 9.14. The van der Waals surface area contributed by atoms with Gasteiger partial charge < -0.3 is 4.74 Å². The molecular formula is C23H19NO2. The highest BCUT2D eigenvalue weighted by Gasteiger charge is 2.19. The maximum absolute atomic E-state index is 12.5. The van der Waals surface area contributed by atoms with Crippen LogP contribution in [-0.2, 0) is 16.1 Å². The Morgan fingerprint density at radius 3 is 1.96 bits per heavy atom. The van der Waals surface area contributed by atoms with Crippen molar-refractivity contribution in [3.05, 3.63) is 107 Å². The molecule has 3 heteroatoms. The van der Waals surface area contributed by atoms with Gasteiger partial charge in [0.15, 0.2) is 0 Å². The fourth-order valence-corrected chi connectivity index (χ4v) is 2.94. The molecule has 0 aliphatic heterocycles. The van der Waals surface area contributed by atoms with Crippen LogP contribution in [0, 0.1) is 11.3 Å². The SMILES string of the molecule is N#Cc1ccccc1COC(=O)CC(c1ccccc1)c1ccccc1. The molecule has 0 saturated carbocycles. The van der Waals surface area contributed by atoms with Crippen molar-refractivity contribution in [2.45, 2.75) is 18.9 Å². The van der Waals surface area contributed by atoms with Crippen LogP contribution in [0.2, 0.25) is 0 Å². The van der Waals surface area contributed by atoms with Gasteiger partial charge in [0.05, 0.1) is 18.1 Å². The Bertz CT molecular complexity index is 859. The summed E-state index contributed by atoms with van der Waals surface area (Å²) >= 11 is 0. The van der Waals surface area contributed by atoms with Crippen LogP contribution < -0.4 is 0 Å². The smallest absolute Gasteiger partial charge is 0.307 e. The van der Waals surface area contributed by atoms with E-state index >= 15 is 0 Å². The molecule has 3 nitrogen and oxygen atoms in total. The Morgan fingerprint density at radius 1 is 0.846 bits per heavy atom. The van der Waals surface area contributed by atoms with Crippen molar-refractivity contribution in [1.82, 2.24) is 0 Å². The van der Waals surface area contributed by atoms with Crippen molar-refractivity contribution in [3.63, 3.8) is 0 Å². The molecule has 0 heterocycles. The Hall–Kier alpha value is -3.38. The van der Waals surface area contributed by atoms with Gasteiger partial charge in [0.25, 0.3) is 0 Å². The zero-order valence-electron chi connectivity index (χ0n) is 14.3. The highest BCUT2D eigenvalue weighted by Crippen LogP contribution is 2.28. The van der Waals surface area contributed by atoms with Gasteiger partial charge in [0.2, 0.25) is 0 Å². The number of nitrogens with zero attached hydrogens (tertiary/aromatic N) is 1. The second kappa shape index (κ2) is 8.64. The number of nitriles is 1. The van der Waals surface area contributed by atoms with Gasteiger partial charge in [-0.15, -0.1) is 0 Å². The molecule has 0 atom stereocenters. The molecule has 3 aromatic carbocycles. The van der Waals surface area contributed by atoms with Crippen LogP contribution in [0.1, 0.15) is 34.6 Å². The van der Waals surface area contributed by atoms with E-state index < -0.39 is 0 Å². The van der Waals surface area contributed by atoms with Crippen LogP contribution >= 0.6 is 0 Å². The second-order valence-electron chi connectivity index (χ2n) is 6.01. The normalized spacial score (nSPS) is 10.3. The van der Waals surface area contributed by atoms with E-state index in [-0.39, 0.29) is 24.9 Å². The average Bonchev–Trinajstić information content (AvgIpc) is 2.72. The molecule has 0 bridgehead atoms. The molecule has 0 spiro atoms. The van der Waals surface area contributed by atoms with Gasteiger partial charge in [-0.05, 0) is 17.2 Å². The molecule has 3 rings (SSSR count). The fraction of sp³-hybridized carbons (Fsp3) is 0.130. The molecule has 0 aliphatic rings. The van der Waals surface area contributed by atoms with E-state index in [0.717, 1.165) is 16.7 Å². The first kappa shape index (κ1) is 17.4. The van der Waals surface area contributed by atoms with E-state index in [2.05, 4.69) is 6.07 Å². The number of carbonyl (C=O) groups is 1. The van der Waals surface area contributed by atoms with E-state index in [4.69, 9.17) is 10.00 Å². The lowest BCUT2D eigenvalue weighted by Crippen LogP contribution is -2.12. The Balaban J connectivity index is 1.73. The highest BCUT2D eigenvalue weighted by atomic mass is 16.5. The third-order valence-corrected chi connectivity index (χ3v) is 4.30. The largest absolute Gasteiger partial charge is 0.461 e. The van der Waals surface area contributed by atoms with Gasteiger partial charge in [0, 0.05) is 11.5 Å². The lowest BCUT2D eigenvalue weighted by molar-refractivity contribution is -0.145. The minimum Gasteiger partial charge on any atom is -0.461 e. The van der Waals surface area contributed by atoms with E-state index in [9.17, 15) is 4.79 Å². The highest BCUT2D eigenvalue weighted by molar-refractivity contribution is 5.71. The van der Waals surface area contributed by atoms with E-state index in [1.54, 1.807) is 18.2 Å². The predicted octanol–water partition coefficient (Wildman–Crippen LogP) is 4.82. The molecule has 128 valence electrons. The molecule has 3 aromatic rings. The first-order chi connectivity index (χ1) is 12.8. The van der Waals surface area contributed by atoms with Crippen LogP contribution in [0.3, 0.4) is 0 Å². The Morgan fingerprint density at radius 2 is 1.38 bits per heavy atom. The molecule has 0 fully saturated rings. The Kier molecular flexibility index (Phi) is 5.80. The van der Waals surface area contributed by atoms with Gasteiger partial charge >= 0.3 is 5.97 Å². The summed E-state index contributed by atoms with van der Waals surface area (Å²) in [5.41, 5.74) is 3.41. The molecule has 0 unspecified atom stereocenters. The van der Waals surface area contributed by atoms with Gasteiger partial charge in [-0.2, -0.15) is 5.26 Å². The zero-order chi connectivity index (χ0) is 18.2. The predicted molar refractivity (Wildman–Crippen MR) is 100 cm³/mol. The summed E-state index contributed by atoms with van der Waals surface area (Å²) in [5.74, 6) is -0.341. The third kappa shape index (κ3) is 4.37. The topological polar surface area (TPSA) is 50.1 Å². The summed E-state index contributed by atoms with van der Waals surface area (Å²) in [6.45, 7) is 0.110. The molecule has 0 saturated heterocycles. The minimum absolute atomic E-state index is 0.0592. The molecule has 0 N–H and O–H groups in total. The second-order valence-corrected chi connectivity index (χ2v) is 6.01. The van der Waals surface area contributed by atoms with Crippen LogP contribution in [-0.4, -0.2) is 5.97 Å². The number of rotatable bonds is 6. The number of ether oxygens (including phenoxy) is 1. The van der Waals surface area contributed by atoms with Crippen molar-refractivity contribution in [2.24, 2.45) is 0 Å². The maximum atomic E-state index is 12.5. The standard InChI is InChI=1S/C23H19NO2/c24-16-20-13-7-8-14-21(20)17-26-23(25)15-22(18-9-3-1-4-10-18)19-11-5-2-6-12-19/h1-14,22H,15,17H2.